The molecule has 1 N–H and O–H groups in total. The number of rotatable bonds is 6. The maximum Gasteiger partial charge on any atom is 0.243 e. The summed E-state index contributed by atoms with van der Waals surface area (Å²) >= 11 is 0. The van der Waals surface area contributed by atoms with E-state index in [0.717, 1.165) is 24.2 Å². The van der Waals surface area contributed by atoms with Gasteiger partial charge in [-0.15, -0.1) is 0 Å². The van der Waals surface area contributed by atoms with Gasteiger partial charge in [-0.25, -0.2) is 8.42 Å². The zero-order valence-corrected chi connectivity index (χ0v) is 18.7. The molecule has 2 aromatic carbocycles. The van der Waals surface area contributed by atoms with E-state index >= 15 is 0 Å². The molecule has 166 valence electrons. The normalized spacial score (nSPS) is 20.5. The van der Waals surface area contributed by atoms with Crippen LogP contribution in [0.15, 0.2) is 53.4 Å². The number of aryl methyl sites for hydroxylation is 1. The van der Waals surface area contributed by atoms with Gasteiger partial charge < -0.3 is 10.1 Å². The molecule has 1 heterocycles. The van der Waals surface area contributed by atoms with Crippen LogP contribution in [-0.2, 0) is 14.8 Å². The highest BCUT2D eigenvalue weighted by atomic mass is 32.2. The number of hydrogen-bond donors (Lipinski definition) is 1. The van der Waals surface area contributed by atoms with E-state index in [1.807, 2.05) is 31.2 Å². The Bertz CT molecular complexity index is 997. The van der Waals surface area contributed by atoms with Crippen molar-refractivity contribution in [2.24, 2.45) is 5.92 Å². The molecule has 2 fully saturated rings. The second-order valence-corrected chi connectivity index (χ2v) is 10.5. The summed E-state index contributed by atoms with van der Waals surface area (Å²) < 4.78 is 33.4. The molecule has 31 heavy (non-hydrogen) atoms. The summed E-state index contributed by atoms with van der Waals surface area (Å²) in [7, 11) is -3.60. The number of anilines is 1. The van der Waals surface area contributed by atoms with Crippen molar-refractivity contribution in [1.29, 1.82) is 0 Å². The van der Waals surface area contributed by atoms with Crippen LogP contribution in [-0.4, -0.2) is 37.8 Å². The van der Waals surface area contributed by atoms with E-state index in [0.29, 0.717) is 31.2 Å². The first-order valence-electron chi connectivity index (χ1n) is 11.1. The smallest absolute Gasteiger partial charge is 0.243 e. The fourth-order valence-electron chi connectivity index (χ4n) is 4.29. The molecular formula is C24H30N2O4S. The highest BCUT2D eigenvalue weighted by Gasteiger charge is 2.33. The van der Waals surface area contributed by atoms with Crippen molar-refractivity contribution in [3.05, 3.63) is 54.1 Å². The topological polar surface area (TPSA) is 75.7 Å². The third-order valence-electron chi connectivity index (χ3n) is 6.14. The van der Waals surface area contributed by atoms with Gasteiger partial charge in [-0.05, 0) is 81.8 Å². The predicted octanol–water partition coefficient (Wildman–Crippen LogP) is 4.36. The van der Waals surface area contributed by atoms with Crippen molar-refractivity contribution in [2.45, 2.75) is 56.4 Å². The molecule has 2 aromatic rings. The Morgan fingerprint density at radius 3 is 2.32 bits per heavy atom. The van der Waals surface area contributed by atoms with Gasteiger partial charge in [0.25, 0.3) is 0 Å². The fourth-order valence-corrected chi connectivity index (χ4v) is 5.82. The predicted molar refractivity (Wildman–Crippen MR) is 121 cm³/mol. The van der Waals surface area contributed by atoms with E-state index in [-0.39, 0.29) is 23.3 Å². The molecule has 1 aliphatic carbocycles. The summed E-state index contributed by atoms with van der Waals surface area (Å²) in [5.74, 6) is 0.301. The molecule has 7 heteroatoms. The summed E-state index contributed by atoms with van der Waals surface area (Å²) in [6.07, 6.45) is 6.27. The second-order valence-electron chi connectivity index (χ2n) is 8.55. The average molecular weight is 443 g/mol. The molecule has 1 aliphatic heterocycles. The van der Waals surface area contributed by atoms with Crippen LogP contribution in [0.25, 0.3) is 0 Å². The lowest BCUT2D eigenvalue weighted by Gasteiger charge is -2.31. The van der Waals surface area contributed by atoms with Crippen LogP contribution in [0.1, 0.15) is 44.1 Å². The first kappa shape index (κ1) is 21.8. The van der Waals surface area contributed by atoms with Gasteiger partial charge in [0.2, 0.25) is 15.9 Å². The Morgan fingerprint density at radius 1 is 0.968 bits per heavy atom. The lowest BCUT2D eigenvalue weighted by Crippen LogP contribution is -2.43. The SMILES string of the molecule is Cc1ccc(S(=O)(=O)N2CCCC(C(=O)Nc3ccc(OC4CCCC4)cc3)C2)cc1. The van der Waals surface area contributed by atoms with E-state index in [4.69, 9.17) is 4.74 Å². The number of sulfonamides is 1. The molecule has 6 nitrogen and oxygen atoms in total. The highest BCUT2D eigenvalue weighted by molar-refractivity contribution is 7.89. The molecule has 1 saturated heterocycles. The number of benzene rings is 2. The van der Waals surface area contributed by atoms with Gasteiger partial charge in [-0.1, -0.05) is 17.7 Å². The molecule has 1 amide bonds. The molecule has 1 atom stereocenters. The largest absolute Gasteiger partial charge is 0.490 e. The second kappa shape index (κ2) is 9.40. The van der Waals surface area contributed by atoms with Crippen LogP contribution in [0.4, 0.5) is 5.69 Å². The van der Waals surface area contributed by atoms with Crippen molar-refractivity contribution in [3.63, 3.8) is 0 Å². The summed E-state index contributed by atoms with van der Waals surface area (Å²) in [5, 5.41) is 2.94. The van der Waals surface area contributed by atoms with Crippen molar-refractivity contribution in [1.82, 2.24) is 4.31 Å². The number of carbonyl (C=O) groups excluding carboxylic acids is 1. The monoisotopic (exact) mass is 442 g/mol. The molecule has 2 aliphatic rings. The Morgan fingerprint density at radius 2 is 1.65 bits per heavy atom. The molecular weight excluding hydrogens is 412 g/mol. The number of piperidine rings is 1. The van der Waals surface area contributed by atoms with Crippen LogP contribution < -0.4 is 10.1 Å². The minimum Gasteiger partial charge on any atom is -0.490 e. The van der Waals surface area contributed by atoms with Gasteiger partial charge in [-0.3, -0.25) is 4.79 Å². The standard InChI is InChI=1S/C24H30N2O4S/c1-18-8-14-23(15-9-18)31(28,29)26-16-4-5-19(17-26)24(27)25-20-10-12-22(13-11-20)30-21-6-2-3-7-21/h8-15,19,21H,2-7,16-17H2,1H3,(H,25,27). The van der Waals surface area contributed by atoms with E-state index < -0.39 is 10.0 Å². The van der Waals surface area contributed by atoms with E-state index in [9.17, 15) is 13.2 Å². The van der Waals surface area contributed by atoms with E-state index in [2.05, 4.69) is 5.32 Å². The Balaban J connectivity index is 1.36. The molecule has 0 bridgehead atoms. The summed E-state index contributed by atoms with van der Waals surface area (Å²) in [6, 6.07) is 14.3. The van der Waals surface area contributed by atoms with Gasteiger partial charge in [0.05, 0.1) is 16.9 Å². The Kier molecular flexibility index (Phi) is 6.62. The van der Waals surface area contributed by atoms with Gasteiger partial charge in [-0.2, -0.15) is 4.31 Å². The fraction of sp³-hybridized carbons (Fsp3) is 0.458. The van der Waals surface area contributed by atoms with Gasteiger partial charge in [0.1, 0.15) is 5.75 Å². The Hall–Kier alpha value is -2.38. The van der Waals surface area contributed by atoms with Crippen LogP contribution in [0, 0.1) is 12.8 Å². The Labute approximate surface area is 184 Å². The quantitative estimate of drug-likeness (QED) is 0.721. The molecule has 0 radical (unpaired) electrons. The van der Waals surface area contributed by atoms with Crippen LogP contribution in [0.3, 0.4) is 0 Å². The minimum atomic E-state index is -3.60. The number of carbonyl (C=O) groups is 1. The molecule has 4 rings (SSSR count). The van der Waals surface area contributed by atoms with Crippen LogP contribution in [0.5, 0.6) is 5.75 Å². The number of ether oxygens (including phenoxy) is 1. The van der Waals surface area contributed by atoms with Crippen LogP contribution in [0.2, 0.25) is 0 Å². The number of amides is 1. The van der Waals surface area contributed by atoms with Crippen LogP contribution >= 0.6 is 0 Å². The maximum atomic E-state index is 13.0. The van der Waals surface area contributed by atoms with E-state index in [1.54, 1.807) is 24.3 Å². The van der Waals surface area contributed by atoms with Crippen molar-refractivity contribution >= 4 is 21.6 Å². The first-order valence-corrected chi connectivity index (χ1v) is 12.5. The number of hydrogen-bond acceptors (Lipinski definition) is 4. The third-order valence-corrected chi connectivity index (χ3v) is 8.02. The number of nitrogens with zero attached hydrogens (tertiary/aromatic N) is 1. The lowest BCUT2D eigenvalue weighted by molar-refractivity contribution is -0.120. The number of nitrogens with one attached hydrogen (secondary N) is 1. The molecule has 0 aromatic heterocycles. The summed E-state index contributed by atoms with van der Waals surface area (Å²) in [6.45, 7) is 2.56. The summed E-state index contributed by atoms with van der Waals surface area (Å²) in [5.41, 5.74) is 1.71. The minimum absolute atomic E-state index is 0.145. The third kappa shape index (κ3) is 5.28. The first-order chi connectivity index (χ1) is 14.9. The zero-order chi connectivity index (χ0) is 21.8. The lowest BCUT2D eigenvalue weighted by atomic mass is 9.99. The van der Waals surface area contributed by atoms with Crippen molar-refractivity contribution in [2.75, 3.05) is 18.4 Å². The molecule has 1 saturated carbocycles. The highest BCUT2D eigenvalue weighted by Crippen LogP contribution is 2.27. The van der Waals surface area contributed by atoms with Gasteiger partial charge >= 0.3 is 0 Å². The zero-order valence-electron chi connectivity index (χ0n) is 17.9. The molecule has 1 unspecified atom stereocenters. The maximum absolute atomic E-state index is 13.0. The van der Waals surface area contributed by atoms with E-state index in [1.165, 1.54) is 17.1 Å². The van der Waals surface area contributed by atoms with Crippen molar-refractivity contribution < 1.29 is 17.9 Å². The molecule has 0 spiro atoms. The van der Waals surface area contributed by atoms with Crippen molar-refractivity contribution in [3.8, 4) is 5.75 Å². The van der Waals surface area contributed by atoms with Gasteiger partial charge in [0.15, 0.2) is 0 Å². The average Bonchev–Trinajstić information content (AvgIpc) is 3.28. The van der Waals surface area contributed by atoms with Gasteiger partial charge in [0, 0.05) is 18.8 Å². The summed E-state index contributed by atoms with van der Waals surface area (Å²) in [4.78, 5) is 13.1.